The maximum Gasteiger partial charge on any atom is 0.241 e. The highest BCUT2D eigenvalue weighted by molar-refractivity contribution is 6.30. The summed E-state index contributed by atoms with van der Waals surface area (Å²) in [6.45, 7) is 3.01. The normalized spacial score (nSPS) is 14.9. The van der Waals surface area contributed by atoms with Crippen LogP contribution >= 0.6 is 36.4 Å². The Morgan fingerprint density at radius 1 is 1.24 bits per heavy atom. The molecule has 1 aliphatic heterocycles. The van der Waals surface area contributed by atoms with Crippen molar-refractivity contribution in [2.45, 2.75) is 25.3 Å². The minimum absolute atomic E-state index is 0. The van der Waals surface area contributed by atoms with E-state index in [9.17, 15) is 0 Å². The Labute approximate surface area is 165 Å². The first-order valence-electron chi connectivity index (χ1n) is 7.99. The van der Waals surface area contributed by atoms with E-state index in [2.05, 4.69) is 44.2 Å². The van der Waals surface area contributed by atoms with Crippen molar-refractivity contribution >= 4 is 48.3 Å². The van der Waals surface area contributed by atoms with Crippen LogP contribution in [0.15, 0.2) is 24.3 Å². The number of hydrogen-bond acceptors (Lipinski definition) is 5. The van der Waals surface area contributed by atoms with Crippen molar-refractivity contribution in [3.63, 3.8) is 0 Å². The Kier molecular flexibility index (Phi) is 8.79. The molecule has 2 heterocycles. The van der Waals surface area contributed by atoms with E-state index in [1.165, 1.54) is 5.56 Å². The zero-order valence-electron chi connectivity index (χ0n) is 14.2. The number of likely N-dealkylation sites (N-methyl/N-ethyl adjacent to an activating group) is 1. The van der Waals surface area contributed by atoms with Crippen LogP contribution < -0.4 is 10.6 Å². The predicted molar refractivity (Wildman–Crippen MR) is 108 cm³/mol. The van der Waals surface area contributed by atoms with Gasteiger partial charge in [-0.1, -0.05) is 23.7 Å². The van der Waals surface area contributed by atoms with Gasteiger partial charge < -0.3 is 15.5 Å². The summed E-state index contributed by atoms with van der Waals surface area (Å²) < 4.78 is 0. The highest BCUT2D eigenvalue weighted by atomic mass is 35.5. The molecule has 6 nitrogen and oxygen atoms in total. The minimum Gasteiger partial charge on any atom is -0.366 e. The van der Waals surface area contributed by atoms with E-state index >= 15 is 0 Å². The van der Waals surface area contributed by atoms with Crippen molar-refractivity contribution < 1.29 is 0 Å². The lowest BCUT2D eigenvalue weighted by atomic mass is 10.0. The van der Waals surface area contributed by atoms with E-state index in [4.69, 9.17) is 17.3 Å². The van der Waals surface area contributed by atoms with E-state index in [0.29, 0.717) is 12.0 Å². The molecule has 0 amide bonds. The number of anilines is 2. The number of nitrogens with one attached hydrogen (secondary N) is 1. The van der Waals surface area contributed by atoms with Crippen LogP contribution in [0.4, 0.5) is 11.9 Å². The van der Waals surface area contributed by atoms with Gasteiger partial charge in [0.1, 0.15) is 0 Å². The second-order valence-electron chi connectivity index (χ2n) is 6.09. The van der Waals surface area contributed by atoms with Crippen LogP contribution in [0.5, 0.6) is 0 Å². The van der Waals surface area contributed by atoms with Gasteiger partial charge in [-0.05, 0) is 44.0 Å². The number of nitrogens with zero attached hydrogens (tertiary/aromatic N) is 4. The zero-order chi connectivity index (χ0) is 16.2. The second kappa shape index (κ2) is 10.1. The number of aromatic nitrogens is 3. The Morgan fingerprint density at radius 3 is 2.44 bits per heavy atom. The fourth-order valence-corrected chi connectivity index (χ4v) is 3.19. The van der Waals surface area contributed by atoms with E-state index in [-0.39, 0.29) is 24.8 Å². The summed E-state index contributed by atoms with van der Waals surface area (Å²) >= 11 is 5.93. The molecular weight excluding hydrogens is 383 g/mol. The van der Waals surface area contributed by atoms with Gasteiger partial charge in [0.15, 0.2) is 0 Å². The summed E-state index contributed by atoms with van der Waals surface area (Å²) in [7, 11) is 2.21. The molecule has 9 heteroatoms. The standard InChI is InChI=1S/C16H23ClN6.2ClH/c1-22(9-6-12-2-4-13(17)5-3-12)14-7-10-23(11-8-14)16-19-15(18)20-21-16;;/h2-5,14H,6-11H2,1H3,(H3,18,19,20,21);2*1H. The van der Waals surface area contributed by atoms with Gasteiger partial charge in [0.2, 0.25) is 11.9 Å². The summed E-state index contributed by atoms with van der Waals surface area (Å²) in [5.74, 6) is 1.09. The van der Waals surface area contributed by atoms with Gasteiger partial charge in [0, 0.05) is 30.7 Å². The largest absolute Gasteiger partial charge is 0.366 e. The van der Waals surface area contributed by atoms with Crippen LogP contribution in [0, 0.1) is 0 Å². The van der Waals surface area contributed by atoms with Crippen LogP contribution in [-0.4, -0.2) is 52.8 Å². The lowest BCUT2D eigenvalue weighted by Crippen LogP contribution is -2.44. The number of H-pyrrole nitrogens is 1. The van der Waals surface area contributed by atoms with Gasteiger partial charge in [0.05, 0.1) is 0 Å². The number of rotatable bonds is 5. The maximum atomic E-state index is 5.93. The topological polar surface area (TPSA) is 74.1 Å². The smallest absolute Gasteiger partial charge is 0.241 e. The number of aromatic amines is 1. The van der Waals surface area contributed by atoms with Crippen LogP contribution in [0.2, 0.25) is 5.02 Å². The maximum absolute atomic E-state index is 5.93. The third-order valence-electron chi connectivity index (χ3n) is 4.54. The fraction of sp³-hybridized carbons (Fsp3) is 0.500. The SMILES string of the molecule is CN(CCc1ccc(Cl)cc1)C1CCN(c2nc(N)n[nH]2)CC1.Cl.Cl. The van der Waals surface area contributed by atoms with E-state index in [1.54, 1.807) is 0 Å². The highest BCUT2D eigenvalue weighted by Gasteiger charge is 2.23. The average molecular weight is 408 g/mol. The molecule has 0 bridgehead atoms. The fourth-order valence-electron chi connectivity index (χ4n) is 3.06. The highest BCUT2D eigenvalue weighted by Crippen LogP contribution is 2.20. The Morgan fingerprint density at radius 2 is 1.88 bits per heavy atom. The molecule has 3 N–H and O–H groups in total. The van der Waals surface area contributed by atoms with Crippen LogP contribution in [0.3, 0.4) is 0 Å². The first-order chi connectivity index (χ1) is 11.1. The molecule has 1 fully saturated rings. The van der Waals surface area contributed by atoms with Crippen molar-refractivity contribution in [2.24, 2.45) is 0 Å². The number of hydrogen-bond donors (Lipinski definition) is 2. The number of nitrogens with two attached hydrogens (primary N) is 1. The van der Waals surface area contributed by atoms with E-state index < -0.39 is 0 Å². The summed E-state index contributed by atoms with van der Waals surface area (Å²) in [5.41, 5.74) is 6.90. The molecule has 0 unspecified atom stereocenters. The van der Waals surface area contributed by atoms with Gasteiger partial charge in [-0.2, -0.15) is 4.98 Å². The van der Waals surface area contributed by atoms with Crippen LogP contribution in [-0.2, 0) is 6.42 Å². The van der Waals surface area contributed by atoms with Crippen molar-refractivity contribution in [2.75, 3.05) is 37.3 Å². The molecular formula is C16H25Cl3N6. The Bertz CT molecular complexity index is 625. The Balaban J connectivity index is 0.00000156. The lowest BCUT2D eigenvalue weighted by molar-refractivity contribution is 0.209. The van der Waals surface area contributed by atoms with Crippen LogP contribution in [0.1, 0.15) is 18.4 Å². The number of nitrogen functional groups attached to an aromatic ring is 1. The Hall–Kier alpha value is -1.21. The predicted octanol–water partition coefficient (Wildman–Crippen LogP) is 3.03. The summed E-state index contributed by atoms with van der Waals surface area (Å²) in [5, 5.41) is 7.58. The second-order valence-corrected chi connectivity index (χ2v) is 6.53. The summed E-state index contributed by atoms with van der Waals surface area (Å²) in [4.78, 5) is 8.87. The van der Waals surface area contributed by atoms with Gasteiger partial charge in [-0.25, -0.2) is 5.10 Å². The average Bonchev–Trinajstić information content (AvgIpc) is 3.01. The molecule has 1 aromatic carbocycles. The lowest BCUT2D eigenvalue weighted by Gasteiger charge is -2.36. The quantitative estimate of drug-likeness (QED) is 0.797. The van der Waals surface area contributed by atoms with Crippen LogP contribution in [0.25, 0.3) is 0 Å². The van der Waals surface area contributed by atoms with Gasteiger partial charge in [-0.15, -0.1) is 29.9 Å². The van der Waals surface area contributed by atoms with Gasteiger partial charge in [-0.3, -0.25) is 0 Å². The number of piperidine rings is 1. The van der Waals surface area contributed by atoms with Crippen molar-refractivity contribution in [3.05, 3.63) is 34.9 Å². The van der Waals surface area contributed by atoms with E-state index in [0.717, 1.165) is 49.9 Å². The van der Waals surface area contributed by atoms with E-state index in [1.807, 2.05) is 12.1 Å². The third kappa shape index (κ3) is 5.92. The molecule has 140 valence electrons. The first-order valence-corrected chi connectivity index (χ1v) is 8.37. The van der Waals surface area contributed by atoms with Crippen molar-refractivity contribution in [1.82, 2.24) is 20.1 Å². The molecule has 0 saturated carbocycles. The molecule has 1 aliphatic rings. The molecule has 0 radical (unpaired) electrons. The zero-order valence-corrected chi connectivity index (χ0v) is 16.6. The first kappa shape index (κ1) is 21.8. The molecule has 0 aliphatic carbocycles. The monoisotopic (exact) mass is 406 g/mol. The number of benzene rings is 1. The molecule has 0 spiro atoms. The van der Waals surface area contributed by atoms with Crippen molar-refractivity contribution in [3.8, 4) is 0 Å². The summed E-state index contributed by atoms with van der Waals surface area (Å²) in [6.07, 6.45) is 3.29. The molecule has 1 aromatic heterocycles. The van der Waals surface area contributed by atoms with Gasteiger partial charge >= 0.3 is 0 Å². The van der Waals surface area contributed by atoms with Crippen molar-refractivity contribution in [1.29, 1.82) is 0 Å². The third-order valence-corrected chi connectivity index (χ3v) is 4.80. The molecule has 25 heavy (non-hydrogen) atoms. The molecule has 3 rings (SSSR count). The summed E-state index contributed by atoms with van der Waals surface area (Å²) in [6, 6.07) is 8.73. The number of halogens is 3. The molecule has 2 aromatic rings. The molecule has 1 saturated heterocycles. The molecule has 0 atom stereocenters. The minimum atomic E-state index is 0. The van der Waals surface area contributed by atoms with Gasteiger partial charge in [0.25, 0.3) is 0 Å².